The summed E-state index contributed by atoms with van der Waals surface area (Å²) in [5, 5.41) is 9.62. The summed E-state index contributed by atoms with van der Waals surface area (Å²) in [5.74, 6) is 0.545. The average molecular weight is 213 g/mol. The van der Waals surface area contributed by atoms with Crippen molar-refractivity contribution in [2.75, 3.05) is 7.11 Å². The Morgan fingerprint density at radius 2 is 2.43 bits per heavy atom. The highest BCUT2D eigenvalue weighted by molar-refractivity contribution is 6.35. The van der Waals surface area contributed by atoms with Crippen molar-refractivity contribution in [1.29, 1.82) is 0 Å². The van der Waals surface area contributed by atoms with E-state index in [0.717, 1.165) is 5.52 Å². The summed E-state index contributed by atoms with van der Waals surface area (Å²) in [6, 6.07) is 1.69. The molecule has 0 fully saturated rings. The SMILES string of the molecule is COc1cc(CO)n2cncc2c1Cl. The number of fused-ring (bicyclic) bond motifs is 1. The molecule has 1 N–H and O–H groups in total. The molecule has 2 heterocycles. The van der Waals surface area contributed by atoms with E-state index in [-0.39, 0.29) is 6.61 Å². The van der Waals surface area contributed by atoms with Crippen molar-refractivity contribution in [1.82, 2.24) is 9.38 Å². The third-order valence-electron chi connectivity index (χ3n) is 2.07. The number of aromatic nitrogens is 2. The van der Waals surface area contributed by atoms with E-state index in [4.69, 9.17) is 21.4 Å². The minimum atomic E-state index is -0.0829. The van der Waals surface area contributed by atoms with Crippen molar-refractivity contribution in [2.45, 2.75) is 6.61 Å². The highest BCUT2D eigenvalue weighted by Crippen LogP contribution is 2.30. The van der Waals surface area contributed by atoms with Crippen LogP contribution in [0.1, 0.15) is 5.69 Å². The topological polar surface area (TPSA) is 46.8 Å². The zero-order valence-electron chi connectivity index (χ0n) is 7.57. The van der Waals surface area contributed by atoms with Gasteiger partial charge in [0.2, 0.25) is 0 Å². The molecule has 0 radical (unpaired) electrons. The minimum Gasteiger partial charge on any atom is -0.495 e. The molecule has 14 heavy (non-hydrogen) atoms. The monoisotopic (exact) mass is 212 g/mol. The predicted molar refractivity (Wildman–Crippen MR) is 52.7 cm³/mol. The second kappa shape index (κ2) is 3.48. The maximum absolute atomic E-state index is 9.12. The molecule has 5 heteroatoms. The van der Waals surface area contributed by atoms with Crippen LogP contribution in [0, 0.1) is 0 Å². The average Bonchev–Trinajstić information content (AvgIpc) is 2.68. The molecule has 0 aliphatic heterocycles. The Balaban J connectivity index is 2.80. The molecule has 2 rings (SSSR count). The Bertz CT molecular complexity index is 467. The third kappa shape index (κ3) is 1.23. The molecule has 0 amide bonds. The molecular weight excluding hydrogens is 204 g/mol. The van der Waals surface area contributed by atoms with Gasteiger partial charge in [-0.25, -0.2) is 4.98 Å². The van der Waals surface area contributed by atoms with Gasteiger partial charge >= 0.3 is 0 Å². The summed E-state index contributed by atoms with van der Waals surface area (Å²) >= 11 is 6.04. The number of nitrogens with zero attached hydrogens (tertiary/aromatic N) is 2. The lowest BCUT2D eigenvalue weighted by molar-refractivity contribution is 0.274. The van der Waals surface area contributed by atoms with Crippen molar-refractivity contribution in [3.63, 3.8) is 0 Å². The van der Waals surface area contributed by atoms with Crippen molar-refractivity contribution in [2.24, 2.45) is 0 Å². The molecular formula is C9H9ClN2O2. The fourth-order valence-electron chi connectivity index (χ4n) is 1.37. The number of hydrogen-bond donors (Lipinski definition) is 1. The van der Waals surface area contributed by atoms with Crippen LogP contribution < -0.4 is 4.74 Å². The first kappa shape index (κ1) is 9.30. The second-order valence-electron chi connectivity index (χ2n) is 2.83. The van der Waals surface area contributed by atoms with E-state index in [9.17, 15) is 0 Å². The molecule has 0 bridgehead atoms. The first-order valence-electron chi connectivity index (χ1n) is 4.06. The first-order chi connectivity index (χ1) is 6.77. The Morgan fingerprint density at radius 1 is 1.64 bits per heavy atom. The zero-order valence-corrected chi connectivity index (χ0v) is 8.32. The van der Waals surface area contributed by atoms with Gasteiger partial charge in [0.15, 0.2) is 0 Å². The van der Waals surface area contributed by atoms with Gasteiger partial charge in [-0.15, -0.1) is 0 Å². The Morgan fingerprint density at radius 3 is 3.07 bits per heavy atom. The van der Waals surface area contributed by atoms with E-state index >= 15 is 0 Å². The molecule has 0 aliphatic carbocycles. The van der Waals surface area contributed by atoms with Gasteiger partial charge in [-0.1, -0.05) is 11.6 Å². The van der Waals surface area contributed by atoms with Gasteiger partial charge in [0.25, 0.3) is 0 Å². The third-order valence-corrected chi connectivity index (χ3v) is 2.45. The summed E-state index contributed by atoms with van der Waals surface area (Å²) in [6.07, 6.45) is 3.23. The van der Waals surface area contributed by atoms with E-state index in [1.807, 2.05) is 0 Å². The highest BCUT2D eigenvalue weighted by atomic mass is 35.5. The summed E-state index contributed by atoms with van der Waals surface area (Å²) in [4.78, 5) is 3.96. The zero-order chi connectivity index (χ0) is 10.1. The fourth-order valence-corrected chi connectivity index (χ4v) is 1.64. The second-order valence-corrected chi connectivity index (χ2v) is 3.20. The fraction of sp³-hybridized carbons (Fsp3) is 0.222. The number of hydrogen-bond acceptors (Lipinski definition) is 3. The molecule has 0 aliphatic rings. The van der Waals surface area contributed by atoms with Crippen LogP contribution in [0.4, 0.5) is 0 Å². The molecule has 0 spiro atoms. The van der Waals surface area contributed by atoms with Gasteiger partial charge in [0, 0.05) is 6.07 Å². The van der Waals surface area contributed by atoms with E-state index in [0.29, 0.717) is 16.5 Å². The number of pyridine rings is 1. The van der Waals surface area contributed by atoms with Gasteiger partial charge in [-0.3, -0.25) is 4.40 Å². The van der Waals surface area contributed by atoms with Gasteiger partial charge in [0.05, 0.1) is 37.5 Å². The van der Waals surface area contributed by atoms with E-state index in [2.05, 4.69) is 4.98 Å². The van der Waals surface area contributed by atoms with Crippen LogP contribution in [0.2, 0.25) is 5.02 Å². The maximum Gasteiger partial charge on any atom is 0.141 e. The Labute approximate surface area is 85.7 Å². The minimum absolute atomic E-state index is 0.0829. The van der Waals surface area contributed by atoms with Crippen LogP contribution in [0.3, 0.4) is 0 Å². The standard InChI is InChI=1S/C9H9ClN2O2/c1-14-8-2-6(4-13)12-5-11-3-7(12)9(8)10/h2-3,5,13H,4H2,1H3. The van der Waals surface area contributed by atoms with E-state index < -0.39 is 0 Å². The number of aliphatic hydroxyl groups excluding tert-OH is 1. The molecule has 2 aromatic heterocycles. The number of aliphatic hydroxyl groups is 1. The van der Waals surface area contributed by atoms with Crippen LogP contribution in [0.15, 0.2) is 18.6 Å². The Hall–Kier alpha value is -1.26. The summed E-state index contributed by atoms with van der Waals surface area (Å²) in [7, 11) is 1.54. The normalized spacial score (nSPS) is 10.8. The number of imidazole rings is 1. The van der Waals surface area contributed by atoms with Gasteiger partial charge in [0.1, 0.15) is 10.8 Å². The molecule has 0 unspecified atom stereocenters. The van der Waals surface area contributed by atoms with Crippen LogP contribution >= 0.6 is 11.6 Å². The van der Waals surface area contributed by atoms with Crippen LogP contribution in [0.25, 0.3) is 5.52 Å². The summed E-state index contributed by atoms with van der Waals surface area (Å²) in [6.45, 7) is -0.0829. The number of rotatable bonds is 2. The summed E-state index contributed by atoms with van der Waals surface area (Å²) in [5.41, 5.74) is 1.42. The number of halogens is 1. The lowest BCUT2D eigenvalue weighted by Crippen LogP contribution is -1.97. The van der Waals surface area contributed by atoms with Crippen LogP contribution in [0.5, 0.6) is 5.75 Å². The van der Waals surface area contributed by atoms with Crippen LogP contribution in [-0.4, -0.2) is 21.6 Å². The molecule has 0 atom stereocenters. The highest BCUT2D eigenvalue weighted by Gasteiger charge is 2.10. The largest absolute Gasteiger partial charge is 0.495 e. The Kier molecular flexibility index (Phi) is 2.31. The molecule has 0 saturated carbocycles. The molecule has 4 nitrogen and oxygen atoms in total. The van der Waals surface area contributed by atoms with Gasteiger partial charge in [-0.05, 0) is 0 Å². The smallest absolute Gasteiger partial charge is 0.141 e. The summed E-state index contributed by atoms with van der Waals surface area (Å²) < 4.78 is 6.81. The van der Waals surface area contributed by atoms with Crippen molar-refractivity contribution in [3.8, 4) is 5.75 Å². The van der Waals surface area contributed by atoms with Crippen LogP contribution in [-0.2, 0) is 6.61 Å². The van der Waals surface area contributed by atoms with Gasteiger partial charge in [-0.2, -0.15) is 0 Å². The lowest BCUT2D eigenvalue weighted by Gasteiger charge is -2.08. The van der Waals surface area contributed by atoms with Crippen molar-refractivity contribution < 1.29 is 9.84 Å². The molecule has 0 saturated heterocycles. The molecule has 74 valence electrons. The lowest BCUT2D eigenvalue weighted by atomic mass is 10.3. The first-order valence-corrected chi connectivity index (χ1v) is 4.44. The van der Waals surface area contributed by atoms with Crippen molar-refractivity contribution in [3.05, 3.63) is 29.3 Å². The van der Waals surface area contributed by atoms with E-state index in [1.54, 1.807) is 23.0 Å². The maximum atomic E-state index is 9.12. The molecule has 2 aromatic rings. The quantitative estimate of drug-likeness (QED) is 0.821. The molecule has 0 aromatic carbocycles. The van der Waals surface area contributed by atoms with E-state index in [1.165, 1.54) is 7.11 Å². The number of methoxy groups -OCH3 is 1. The predicted octanol–water partition coefficient (Wildman–Crippen LogP) is 1.49. The van der Waals surface area contributed by atoms with Gasteiger partial charge < -0.3 is 9.84 Å². The number of ether oxygens (including phenoxy) is 1. The van der Waals surface area contributed by atoms with Crippen molar-refractivity contribution >= 4 is 17.1 Å².